The summed E-state index contributed by atoms with van der Waals surface area (Å²) in [4.78, 5) is 34.2. The molecule has 140 valence electrons. The number of amides is 3. The maximum atomic E-state index is 13.7. The highest BCUT2D eigenvalue weighted by molar-refractivity contribution is 8.00. The van der Waals surface area contributed by atoms with Gasteiger partial charge in [-0.25, -0.2) is 14.0 Å². The lowest BCUT2D eigenvalue weighted by Crippen LogP contribution is -2.36. The Morgan fingerprint density at radius 3 is 2.88 bits per heavy atom. The number of rotatable bonds is 7. The Hall–Kier alpha value is -2.29. The molecule has 0 spiro atoms. The molecule has 2 saturated heterocycles. The van der Waals surface area contributed by atoms with E-state index in [9.17, 15) is 18.8 Å². The quantitative estimate of drug-likeness (QED) is 0.428. The molecule has 1 aromatic carbocycles. The van der Waals surface area contributed by atoms with Gasteiger partial charge in [0.2, 0.25) is 5.91 Å². The number of benzene rings is 1. The first-order valence-electron chi connectivity index (χ1n) is 8.45. The lowest BCUT2D eigenvalue weighted by molar-refractivity contribution is -0.116. The number of hydrogen-bond acceptors (Lipinski definition) is 4. The van der Waals surface area contributed by atoms with Gasteiger partial charge in [0, 0.05) is 17.4 Å². The number of aromatic carboxylic acids is 1. The maximum absolute atomic E-state index is 13.7. The fourth-order valence-corrected chi connectivity index (χ4v) is 4.78. The fraction of sp³-hybridized carbons (Fsp3) is 0.471. The van der Waals surface area contributed by atoms with Gasteiger partial charge in [0.25, 0.3) is 0 Å². The van der Waals surface area contributed by atoms with Crippen molar-refractivity contribution in [1.82, 2.24) is 10.6 Å². The first-order chi connectivity index (χ1) is 12.4. The summed E-state index contributed by atoms with van der Waals surface area (Å²) in [5, 5.41) is 17.5. The van der Waals surface area contributed by atoms with Crippen molar-refractivity contribution in [2.75, 3.05) is 11.1 Å². The van der Waals surface area contributed by atoms with Gasteiger partial charge >= 0.3 is 12.0 Å². The van der Waals surface area contributed by atoms with Crippen LogP contribution >= 0.6 is 11.8 Å². The number of urea groups is 1. The molecule has 3 atom stereocenters. The molecule has 4 N–H and O–H groups in total. The third-order valence-electron chi connectivity index (χ3n) is 4.57. The third-order valence-corrected chi connectivity index (χ3v) is 6.08. The number of thioether (sulfide) groups is 1. The summed E-state index contributed by atoms with van der Waals surface area (Å²) in [6, 6.07) is 3.50. The van der Waals surface area contributed by atoms with Gasteiger partial charge in [-0.1, -0.05) is 6.42 Å². The van der Waals surface area contributed by atoms with E-state index in [1.54, 1.807) is 0 Å². The average molecular weight is 381 g/mol. The van der Waals surface area contributed by atoms with E-state index in [4.69, 9.17) is 5.11 Å². The maximum Gasteiger partial charge on any atom is 0.335 e. The first kappa shape index (κ1) is 18.5. The molecule has 3 rings (SSSR count). The molecule has 0 saturated carbocycles. The highest BCUT2D eigenvalue weighted by atomic mass is 32.2. The average Bonchev–Trinajstić information content (AvgIpc) is 3.13. The van der Waals surface area contributed by atoms with E-state index in [0.717, 1.165) is 36.8 Å². The molecule has 2 aliphatic rings. The standard InChI is InChI=1S/C17H20FN3O4S/c18-10-6-5-9(16(23)24)7-11(10)19-14(22)4-2-1-3-13-15-12(8-26-13)20-17(25)21-15/h5-7,12-13,15H,1-4,8H2,(H,19,22)(H,23,24)(H2,20,21,25)/t12-,13-,15-/m0/s1. The van der Waals surface area contributed by atoms with Crippen molar-refractivity contribution in [2.24, 2.45) is 0 Å². The summed E-state index contributed by atoms with van der Waals surface area (Å²) >= 11 is 1.82. The molecule has 2 aliphatic heterocycles. The SMILES string of the molecule is O=C(CCCC[C@@H]1SC[C@@H]2NC(=O)N[C@@H]21)Nc1cc(C(=O)O)ccc1F. The van der Waals surface area contributed by atoms with E-state index in [-0.39, 0.29) is 41.7 Å². The van der Waals surface area contributed by atoms with Gasteiger partial charge in [0.1, 0.15) is 5.82 Å². The van der Waals surface area contributed by atoms with E-state index in [1.165, 1.54) is 0 Å². The number of fused-ring (bicyclic) bond motifs is 1. The minimum absolute atomic E-state index is 0.0817. The van der Waals surface area contributed by atoms with Gasteiger partial charge in [-0.3, -0.25) is 4.79 Å². The molecule has 2 heterocycles. The van der Waals surface area contributed by atoms with Crippen LogP contribution < -0.4 is 16.0 Å². The summed E-state index contributed by atoms with van der Waals surface area (Å²) in [6.07, 6.45) is 2.58. The van der Waals surface area contributed by atoms with Crippen LogP contribution in [0.3, 0.4) is 0 Å². The molecule has 3 amide bonds. The molecular formula is C17H20FN3O4S. The second-order valence-corrected chi connectivity index (χ2v) is 7.69. The summed E-state index contributed by atoms with van der Waals surface area (Å²) < 4.78 is 13.7. The van der Waals surface area contributed by atoms with Crippen LogP contribution in [0.15, 0.2) is 18.2 Å². The number of unbranched alkanes of at least 4 members (excludes halogenated alkanes) is 1. The van der Waals surface area contributed by atoms with Gasteiger partial charge in [-0.2, -0.15) is 11.8 Å². The van der Waals surface area contributed by atoms with E-state index in [1.807, 2.05) is 11.8 Å². The molecule has 0 radical (unpaired) electrons. The lowest BCUT2D eigenvalue weighted by Gasteiger charge is -2.16. The number of carbonyl (C=O) groups is 3. The Kier molecular flexibility index (Phi) is 5.65. The summed E-state index contributed by atoms with van der Waals surface area (Å²) in [7, 11) is 0. The minimum atomic E-state index is -1.18. The summed E-state index contributed by atoms with van der Waals surface area (Å²) in [6.45, 7) is 0. The van der Waals surface area contributed by atoms with Gasteiger partial charge in [0.05, 0.1) is 23.3 Å². The van der Waals surface area contributed by atoms with Gasteiger partial charge in [-0.15, -0.1) is 0 Å². The highest BCUT2D eigenvalue weighted by Gasteiger charge is 2.42. The first-order valence-corrected chi connectivity index (χ1v) is 9.50. The zero-order chi connectivity index (χ0) is 18.7. The van der Waals surface area contributed by atoms with Gasteiger partial charge in [0.15, 0.2) is 0 Å². The Bertz CT molecular complexity index is 730. The monoisotopic (exact) mass is 381 g/mol. The topological polar surface area (TPSA) is 108 Å². The van der Waals surface area contributed by atoms with E-state index in [2.05, 4.69) is 16.0 Å². The zero-order valence-corrected chi connectivity index (χ0v) is 14.8. The molecule has 0 aliphatic carbocycles. The van der Waals surface area contributed by atoms with Crippen LogP contribution in [-0.4, -0.2) is 46.1 Å². The van der Waals surface area contributed by atoms with Crippen LogP contribution in [0.2, 0.25) is 0 Å². The molecular weight excluding hydrogens is 361 g/mol. The van der Waals surface area contributed by atoms with E-state index < -0.39 is 11.8 Å². The Labute approximate surface area is 154 Å². The molecule has 0 aromatic heterocycles. The molecule has 9 heteroatoms. The smallest absolute Gasteiger partial charge is 0.335 e. The second-order valence-electron chi connectivity index (χ2n) is 6.42. The molecule has 1 aromatic rings. The lowest BCUT2D eigenvalue weighted by atomic mass is 10.0. The minimum Gasteiger partial charge on any atom is -0.478 e. The van der Waals surface area contributed by atoms with Crippen LogP contribution in [0.4, 0.5) is 14.9 Å². The number of carboxylic acid groups (broad SMARTS) is 1. The van der Waals surface area contributed by atoms with Crippen molar-refractivity contribution in [2.45, 2.75) is 43.0 Å². The molecule has 7 nitrogen and oxygen atoms in total. The summed E-state index contributed by atoms with van der Waals surface area (Å²) in [5.74, 6) is -1.30. The number of halogens is 1. The Balaban J connectivity index is 1.42. The van der Waals surface area contributed by atoms with Crippen LogP contribution in [0, 0.1) is 5.82 Å². The van der Waals surface area contributed by atoms with Crippen molar-refractivity contribution >= 4 is 35.4 Å². The molecule has 0 bridgehead atoms. The van der Waals surface area contributed by atoms with Crippen LogP contribution in [0.1, 0.15) is 36.0 Å². The predicted molar refractivity (Wildman–Crippen MR) is 95.9 cm³/mol. The third kappa shape index (κ3) is 4.27. The number of nitrogens with one attached hydrogen (secondary N) is 3. The van der Waals surface area contributed by atoms with Crippen LogP contribution in [0.25, 0.3) is 0 Å². The zero-order valence-electron chi connectivity index (χ0n) is 14.0. The van der Waals surface area contributed by atoms with Crippen molar-refractivity contribution in [3.05, 3.63) is 29.6 Å². The van der Waals surface area contributed by atoms with Crippen LogP contribution in [0.5, 0.6) is 0 Å². The second kappa shape index (κ2) is 7.94. The number of carbonyl (C=O) groups excluding carboxylic acids is 2. The molecule has 26 heavy (non-hydrogen) atoms. The molecule has 2 fully saturated rings. The number of anilines is 1. The summed E-state index contributed by atoms with van der Waals surface area (Å²) in [5.41, 5.74) is -0.203. The normalized spacial score (nSPS) is 23.9. The Morgan fingerprint density at radius 2 is 2.12 bits per heavy atom. The predicted octanol–water partition coefficient (Wildman–Crippen LogP) is 2.19. The largest absolute Gasteiger partial charge is 0.478 e. The van der Waals surface area contributed by atoms with Crippen molar-refractivity contribution in [1.29, 1.82) is 0 Å². The highest BCUT2D eigenvalue weighted by Crippen LogP contribution is 2.33. The van der Waals surface area contributed by atoms with Crippen LogP contribution in [-0.2, 0) is 4.79 Å². The molecule has 0 unspecified atom stereocenters. The van der Waals surface area contributed by atoms with E-state index >= 15 is 0 Å². The van der Waals surface area contributed by atoms with Crippen molar-refractivity contribution in [3.63, 3.8) is 0 Å². The van der Waals surface area contributed by atoms with Crippen molar-refractivity contribution < 1.29 is 23.9 Å². The van der Waals surface area contributed by atoms with Gasteiger partial charge < -0.3 is 21.1 Å². The fourth-order valence-electron chi connectivity index (χ4n) is 3.24. The Morgan fingerprint density at radius 1 is 1.31 bits per heavy atom. The van der Waals surface area contributed by atoms with E-state index in [0.29, 0.717) is 11.7 Å². The number of carboxylic acids is 1. The number of hydrogen-bond donors (Lipinski definition) is 4. The van der Waals surface area contributed by atoms with Gasteiger partial charge in [-0.05, 0) is 31.0 Å². The van der Waals surface area contributed by atoms with Crippen molar-refractivity contribution in [3.8, 4) is 0 Å².